The van der Waals surface area contributed by atoms with Crippen LogP contribution in [0.25, 0.3) is 0 Å². The Kier molecular flexibility index (Phi) is 4.18. The minimum Gasteiger partial charge on any atom is -0.396 e. The summed E-state index contributed by atoms with van der Waals surface area (Å²) in [5.41, 5.74) is 0. The minimum absolute atomic E-state index is 0.197. The number of aromatic nitrogens is 1. The molecule has 0 aliphatic rings. The fourth-order valence-electron chi connectivity index (χ4n) is 1.00. The van der Waals surface area contributed by atoms with E-state index in [2.05, 4.69) is 26.2 Å². The summed E-state index contributed by atoms with van der Waals surface area (Å²) in [6, 6.07) is 4.03. The van der Waals surface area contributed by atoms with E-state index in [0.717, 1.165) is 16.7 Å². The van der Waals surface area contributed by atoms with Crippen LogP contribution < -0.4 is 5.32 Å². The van der Waals surface area contributed by atoms with Crippen molar-refractivity contribution in [3.05, 3.63) is 22.8 Å². The zero-order valence-corrected chi connectivity index (χ0v) is 9.08. The maximum Gasteiger partial charge on any atom is 0.127 e. The molecular formula is C9H13BrN2O. The monoisotopic (exact) mass is 244 g/mol. The molecule has 72 valence electrons. The third-order valence-electron chi connectivity index (χ3n) is 1.68. The topological polar surface area (TPSA) is 45.1 Å². The Morgan fingerprint density at radius 1 is 1.69 bits per heavy atom. The van der Waals surface area contributed by atoms with Gasteiger partial charge in [-0.3, -0.25) is 0 Å². The molecule has 3 nitrogen and oxygen atoms in total. The number of rotatable bonds is 4. The van der Waals surface area contributed by atoms with Crippen LogP contribution in [0.2, 0.25) is 0 Å². The largest absolute Gasteiger partial charge is 0.396 e. The summed E-state index contributed by atoms with van der Waals surface area (Å²) in [7, 11) is 0. The van der Waals surface area contributed by atoms with Gasteiger partial charge in [-0.2, -0.15) is 0 Å². The number of pyridine rings is 1. The maximum absolute atomic E-state index is 8.70. The number of hydrogen-bond acceptors (Lipinski definition) is 3. The van der Waals surface area contributed by atoms with Crippen molar-refractivity contribution in [2.75, 3.05) is 11.9 Å². The van der Waals surface area contributed by atoms with Gasteiger partial charge in [0.05, 0.1) is 0 Å². The fraction of sp³-hybridized carbons (Fsp3) is 0.444. The van der Waals surface area contributed by atoms with Gasteiger partial charge in [0.2, 0.25) is 0 Å². The summed E-state index contributed by atoms with van der Waals surface area (Å²) in [5, 5.41) is 11.9. The van der Waals surface area contributed by atoms with Gasteiger partial charge in [0, 0.05) is 23.3 Å². The number of nitrogens with one attached hydrogen (secondary N) is 1. The number of anilines is 1. The van der Waals surface area contributed by atoms with E-state index in [1.165, 1.54) is 0 Å². The minimum atomic E-state index is 0.197. The van der Waals surface area contributed by atoms with Gasteiger partial charge in [-0.1, -0.05) is 15.9 Å². The van der Waals surface area contributed by atoms with E-state index in [0.29, 0.717) is 0 Å². The zero-order chi connectivity index (χ0) is 9.68. The molecule has 0 bridgehead atoms. The van der Waals surface area contributed by atoms with Crippen LogP contribution in [0.3, 0.4) is 0 Å². The van der Waals surface area contributed by atoms with Crippen LogP contribution in [0.15, 0.2) is 22.8 Å². The van der Waals surface area contributed by atoms with Crippen molar-refractivity contribution in [2.45, 2.75) is 19.4 Å². The second-order valence-electron chi connectivity index (χ2n) is 2.92. The lowest BCUT2D eigenvalue weighted by Crippen LogP contribution is -2.17. The van der Waals surface area contributed by atoms with E-state index < -0.39 is 0 Å². The summed E-state index contributed by atoms with van der Waals surface area (Å²) in [4.78, 5) is 4.14. The van der Waals surface area contributed by atoms with Crippen molar-refractivity contribution in [1.82, 2.24) is 4.98 Å². The van der Waals surface area contributed by atoms with Gasteiger partial charge in [0.25, 0.3) is 0 Å². The summed E-state index contributed by atoms with van der Waals surface area (Å²) >= 11 is 3.36. The van der Waals surface area contributed by atoms with Crippen LogP contribution >= 0.6 is 15.9 Å². The lowest BCUT2D eigenvalue weighted by atomic mass is 10.2. The van der Waals surface area contributed by atoms with Crippen LogP contribution in [0.5, 0.6) is 0 Å². The Hall–Kier alpha value is -0.610. The molecule has 0 aliphatic heterocycles. The van der Waals surface area contributed by atoms with Gasteiger partial charge >= 0.3 is 0 Å². The molecule has 0 spiro atoms. The average molecular weight is 245 g/mol. The molecule has 1 aromatic rings. The Morgan fingerprint density at radius 2 is 2.46 bits per heavy atom. The summed E-state index contributed by atoms with van der Waals surface area (Å²) in [5.74, 6) is 0.829. The molecule has 1 atom stereocenters. The van der Waals surface area contributed by atoms with E-state index in [4.69, 9.17) is 5.11 Å². The van der Waals surface area contributed by atoms with Crippen molar-refractivity contribution in [2.24, 2.45) is 0 Å². The first kappa shape index (κ1) is 10.5. The van der Waals surface area contributed by atoms with Crippen LogP contribution in [-0.4, -0.2) is 22.7 Å². The highest BCUT2D eigenvalue weighted by molar-refractivity contribution is 9.10. The molecule has 0 aromatic carbocycles. The highest BCUT2D eigenvalue weighted by atomic mass is 79.9. The Morgan fingerprint density at radius 3 is 3.08 bits per heavy atom. The summed E-state index contributed by atoms with van der Waals surface area (Å²) < 4.78 is 1.00. The summed E-state index contributed by atoms with van der Waals surface area (Å²) in [6.07, 6.45) is 2.46. The predicted molar refractivity (Wildman–Crippen MR) is 56.7 cm³/mol. The van der Waals surface area contributed by atoms with Crippen molar-refractivity contribution in [3.63, 3.8) is 0 Å². The number of aliphatic hydroxyl groups is 1. The average Bonchev–Trinajstić information content (AvgIpc) is 2.04. The summed E-state index contributed by atoms with van der Waals surface area (Å²) in [6.45, 7) is 2.21. The number of aliphatic hydroxyl groups excluding tert-OH is 1. The van der Waals surface area contributed by atoms with Gasteiger partial charge < -0.3 is 10.4 Å². The Bertz CT molecular complexity index is 268. The second-order valence-corrected chi connectivity index (χ2v) is 3.83. The lowest BCUT2D eigenvalue weighted by Gasteiger charge is -2.12. The van der Waals surface area contributed by atoms with Gasteiger partial charge in [-0.15, -0.1) is 0 Å². The van der Waals surface area contributed by atoms with E-state index in [9.17, 15) is 0 Å². The van der Waals surface area contributed by atoms with E-state index >= 15 is 0 Å². The molecule has 1 unspecified atom stereocenters. The Balaban J connectivity index is 2.53. The van der Waals surface area contributed by atoms with Crippen molar-refractivity contribution in [3.8, 4) is 0 Å². The van der Waals surface area contributed by atoms with Crippen LogP contribution in [0.4, 0.5) is 5.82 Å². The van der Waals surface area contributed by atoms with Crippen LogP contribution in [0, 0.1) is 0 Å². The molecule has 1 aromatic heterocycles. The Labute approximate surface area is 86.3 Å². The van der Waals surface area contributed by atoms with Gasteiger partial charge in [-0.05, 0) is 25.5 Å². The third kappa shape index (κ3) is 3.74. The van der Waals surface area contributed by atoms with Crippen LogP contribution in [0.1, 0.15) is 13.3 Å². The molecule has 4 heteroatoms. The fourth-order valence-corrected chi connectivity index (χ4v) is 1.34. The van der Waals surface area contributed by atoms with E-state index in [-0.39, 0.29) is 12.6 Å². The number of hydrogen-bond donors (Lipinski definition) is 2. The molecule has 1 heterocycles. The highest BCUT2D eigenvalue weighted by Crippen LogP contribution is 2.13. The number of nitrogens with zero attached hydrogens (tertiary/aromatic N) is 1. The quantitative estimate of drug-likeness (QED) is 0.853. The van der Waals surface area contributed by atoms with Crippen LogP contribution in [-0.2, 0) is 0 Å². The molecule has 2 N–H and O–H groups in total. The first-order valence-corrected chi connectivity index (χ1v) is 5.00. The van der Waals surface area contributed by atoms with Crippen molar-refractivity contribution < 1.29 is 5.11 Å². The predicted octanol–water partition coefficient (Wildman–Crippen LogP) is 2.03. The van der Waals surface area contributed by atoms with Gasteiger partial charge in [0.15, 0.2) is 0 Å². The molecule has 13 heavy (non-hydrogen) atoms. The van der Waals surface area contributed by atoms with Gasteiger partial charge in [0.1, 0.15) is 5.82 Å². The zero-order valence-electron chi connectivity index (χ0n) is 7.50. The SMILES string of the molecule is CC(CCO)Nc1cc(Br)ccn1. The molecule has 0 aliphatic carbocycles. The molecule has 1 rings (SSSR count). The molecule has 0 radical (unpaired) electrons. The third-order valence-corrected chi connectivity index (χ3v) is 2.17. The first-order valence-electron chi connectivity index (χ1n) is 4.21. The van der Waals surface area contributed by atoms with E-state index in [1.807, 2.05) is 19.1 Å². The second kappa shape index (κ2) is 5.19. The first-order chi connectivity index (χ1) is 6.22. The molecule has 0 saturated heterocycles. The molecule has 0 amide bonds. The normalized spacial score (nSPS) is 12.5. The smallest absolute Gasteiger partial charge is 0.127 e. The van der Waals surface area contributed by atoms with E-state index in [1.54, 1.807) is 6.20 Å². The molecule has 0 fully saturated rings. The van der Waals surface area contributed by atoms with Gasteiger partial charge in [-0.25, -0.2) is 4.98 Å². The van der Waals surface area contributed by atoms with Crippen molar-refractivity contribution >= 4 is 21.7 Å². The van der Waals surface area contributed by atoms with Crippen molar-refractivity contribution in [1.29, 1.82) is 0 Å². The maximum atomic E-state index is 8.70. The number of halogens is 1. The molecular weight excluding hydrogens is 232 g/mol. The standard InChI is InChI=1S/C9H13BrN2O/c1-7(3-5-13)12-9-6-8(10)2-4-11-9/h2,4,6-7,13H,3,5H2,1H3,(H,11,12). The highest BCUT2D eigenvalue weighted by Gasteiger charge is 2.01. The lowest BCUT2D eigenvalue weighted by molar-refractivity contribution is 0.282. The molecule has 0 saturated carbocycles.